The molecule has 6 N–H and O–H groups in total. The third-order valence-corrected chi connectivity index (χ3v) is 5.37. The number of ether oxygens (including phenoxy) is 1. The van der Waals surface area contributed by atoms with E-state index in [0.717, 1.165) is 5.56 Å². The van der Waals surface area contributed by atoms with E-state index in [1.807, 2.05) is 19.1 Å². The molecular formula is C21H31N3O7. The van der Waals surface area contributed by atoms with Crippen molar-refractivity contribution in [2.75, 3.05) is 12.4 Å². The summed E-state index contributed by atoms with van der Waals surface area (Å²) < 4.78 is 4.68. The Balaban J connectivity index is 2.10. The Hall–Kier alpha value is -2.69. The Morgan fingerprint density at radius 3 is 2.29 bits per heavy atom. The first kappa shape index (κ1) is 24.6. The fraction of sp³-hybridized carbons (Fsp3) is 0.571. The molecule has 0 radical (unpaired) electrons. The molecule has 10 nitrogen and oxygen atoms in total. The first-order valence-electron chi connectivity index (χ1n) is 10.1. The molecule has 2 rings (SSSR count). The third kappa shape index (κ3) is 6.16. The van der Waals surface area contributed by atoms with E-state index in [1.165, 1.54) is 7.11 Å². The molecular weight excluding hydrogens is 406 g/mol. The van der Waals surface area contributed by atoms with Crippen molar-refractivity contribution in [2.24, 2.45) is 5.92 Å². The highest BCUT2D eigenvalue weighted by Gasteiger charge is 2.50. The molecule has 31 heavy (non-hydrogen) atoms. The number of esters is 1. The van der Waals surface area contributed by atoms with Gasteiger partial charge >= 0.3 is 12.0 Å². The van der Waals surface area contributed by atoms with Crippen molar-refractivity contribution in [3.63, 3.8) is 0 Å². The largest absolute Gasteiger partial charge is 0.467 e. The van der Waals surface area contributed by atoms with Crippen LogP contribution in [0.1, 0.15) is 32.3 Å². The molecule has 1 aliphatic carbocycles. The Morgan fingerprint density at radius 2 is 1.74 bits per heavy atom. The number of hydrogen-bond donors (Lipinski definition) is 6. The van der Waals surface area contributed by atoms with Crippen LogP contribution in [0, 0.1) is 12.8 Å². The van der Waals surface area contributed by atoms with Crippen LogP contribution in [0.4, 0.5) is 10.5 Å². The second kappa shape index (κ2) is 10.1. The molecule has 0 bridgehead atoms. The lowest BCUT2D eigenvalue weighted by Gasteiger charge is -2.42. The summed E-state index contributed by atoms with van der Waals surface area (Å²) in [6.45, 7) is 5.30. The Labute approximate surface area is 181 Å². The van der Waals surface area contributed by atoms with Crippen molar-refractivity contribution < 1.29 is 34.4 Å². The quantitative estimate of drug-likeness (QED) is 0.343. The highest BCUT2D eigenvalue weighted by atomic mass is 16.5. The zero-order chi connectivity index (χ0) is 23.3. The Morgan fingerprint density at radius 1 is 1.13 bits per heavy atom. The van der Waals surface area contributed by atoms with Crippen molar-refractivity contribution in [2.45, 2.75) is 63.5 Å². The predicted molar refractivity (Wildman–Crippen MR) is 112 cm³/mol. The maximum absolute atomic E-state index is 12.8. The molecule has 0 saturated heterocycles. The number of methoxy groups -OCH3 is 1. The van der Waals surface area contributed by atoms with Crippen LogP contribution in [0.2, 0.25) is 0 Å². The SMILES string of the molecule is COC(=O)[C@H](NC(=O)[C@@]1(O)C[C@@H](O)[C@H](O)[C@H](NC(=O)Nc2ccc(C)cc2)C1)C(C)C. The zero-order valence-corrected chi connectivity index (χ0v) is 18.1. The van der Waals surface area contributed by atoms with Crippen LogP contribution in [0.5, 0.6) is 0 Å². The van der Waals surface area contributed by atoms with Gasteiger partial charge in [-0.05, 0) is 25.0 Å². The standard InChI is InChI=1S/C21H31N3O7/c1-11(2)16(18(27)31-4)24-19(28)21(30)9-14(17(26)15(25)10-21)23-20(29)22-13-7-5-12(3)6-8-13/h5-8,11,14-17,25-26,30H,9-10H2,1-4H3,(H,24,28)(H2,22,23,29)/t14-,15-,16-,17-,21+/m1/s1. The van der Waals surface area contributed by atoms with Gasteiger partial charge in [-0.15, -0.1) is 0 Å². The number of rotatable bonds is 6. The summed E-state index contributed by atoms with van der Waals surface area (Å²) in [4.78, 5) is 37.0. The third-order valence-electron chi connectivity index (χ3n) is 5.37. The van der Waals surface area contributed by atoms with Crippen molar-refractivity contribution in [1.82, 2.24) is 10.6 Å². The van der Waals surface area contributed by atoms with Gasteiger partial charge in [-0.3, -0.25) is 4.79 Å². The van der Waals surface area contributed by atoms with E-state index in [2.05, 4.69) is 20.7 Å². The summed E-state index contributed by atoms with van der Waals surface area (Å²) in [5, 5.41) is 38.9. The average Bonchev–Trinajstić information content (AvgIpc) is 2.70. The normalized spacial score (nSPS) is 26.6. The smallest absolute Gasteiger partial charge is 0.328 e. The maximum Gasteiger partial charge on any atom is 0.328 e. The molecule has 0 unspecified atom stereocenters. The summed E-state index contributed by atoms with van der Waals surface area (Å²) in [6, 6.07) is 4.24. The van der Waals surface area contributed by atoms with Crippen molar-refractivity contribution in [3.8, 4) is 0 Å². The van der Waals surface area contributed by atoms with Crippen molar-refractivity contribution in [3.05, 3.63) is 29.8 Å². The fourth-order valence-corrected chi connectivity index (χ4v) is 3.50. The molecule has 1 fully saturated rings. The number of carbonyl (C=O) groups is 3. The van der Waals surface area contributed by atoms with Gasteiger partial charge in [0, 0.05) is 18.5 Å². The van der Waals surface area contributed by atoms with Gasteiger partial charge in [-0.1, -0.05) is 31.5 Å². The van der Waals surface area contributed by atoms with Crippen LogP contribution in [-0.4, -0.2) is 70.2 Å². The van der Waals surface area contributed by atoms with Crippen LogP contribution >= 0.6 is 0 Å². The second-order valence-electron chi connectivity index (χ2n) is 8.29. The number of nitrogens with one attached hydrogen (secondary N) is 3. The number of hydrogen-bond acceptors (Lipinski definition) is 7. The minimum Gasteiger partial charge on any atom is -0.467 e. The molecule has 0 spiro atoms. The highest BCUT2D eigenvalue weighted by molar-refractivity contribution is 5.91. The van der Waals surface area contributed by atoms with Gasteiger partial charge in [-0.2, -0.15) is 0 Å². The molecule has 1 saturated carbocycles. The number of amides is 3. The number of anilines is 1. The number of aryl methyl sites for hydroxylation is 1. The van der Waals surface area contributed by atoms with E-state index < -0.39 is 54.2 Å². The van der Waals surface area contributed by atoms with Gasteiger partial charge in [0.2, 0.25) is 0 Å². The van der Waals surface area contributed by atoms with E-state index in [4.69, 9.17) is 0 Å². The number of aliphatic hydroxyl groups is 3. The molecule has 0 aromatic heterocycles. The fourth-order valence-electron chi connectivity index (χ4n) is 3.50. The summed E-state index contributed by atoms with van der Waals surface area (Å²) in [5.74, 6) is -1.88. The van der Waals surface area contributed by atoms with Crippen LogP contribution in [0.25, 0.3) is 0 Å². The maximum atomic E-state index is 12.8. The van der Waals surface area contributed by atoms with E-state index >= 15 is 0 Å². The first-order valence-corrected chi connectivity index (χ1v) is 10.1. The van der Waals surface area contributed by atoms with Gasteiger partial charge in [0.25, 0.3) is 5.91 Å². The zero-order valence-electron chi connectivity index (χ0n) is 18.1. The lowest BCUT2D eigenvalue weighted by Crippen LogP contribution is -2.64. The van der Waals surface area contributed by atoms with Crippen LogP contribution in [0.15, 0.2) is 24.3 Å². The highest BCUT2D eigenvalue weighted by Crippen LogP contribution is 2.30. The summed E-state index contributed by atoms with van der Waals surface area (Å²) in [7, 11) is 1.19. The van der Waals surface area contributed by atoms with Crippen LogP contribution in [0.3, 0.4) is 0 Å². The van der Waals surface area contributed by atoms with Crippen LogP contribution in [-0.2, 0) is 14.3 Å². The Kier molecular flexibility index (Phi) is 7.99. The number of aliphatic hydroxyl groups excluding tert-OH is 2. The summed E-state index contributed by atoms with van der Waals surface area (Å²) in [6.07, 6.45) is -3.67. The molecule has 1 aromatic carbocycles. The second-order valence-corrected chi connectivity index (χ2v) is 8.29. The minimum absolute atomic E-state index is 0.312. The van der Waals surface area contributed by atoms with Crippen molar-refractivity contribution in [1.29, 1.82) is 0 Å². The molecule has 1 aliphatic rings. The first-order chi connectivity index (χ1) is 14.5. The number of urea groups is 1. The molecule has 5 atom stereocenters. The molecule has 10 heteroatoms. The van der Waals surface area contributed by atoms with Crippen LogP contribution < -0.4 is 16.0 Å². The van der Waals surface area contributed by atoms with E-state index in [1.54, 1.807) is 26.0 Å². The summed E-state index contributed by atoms with van der Waals surface area (Å²) >= 11 is 0. The van der Waals surface area contributed by atoms with Gasteiger partial charge < -0.3 is 36.0 Å². The number of benzene rings is 1. The van der Waals surface area contributed by atoms with E-state index in [9.17, 15) is 29.7 Å². The monoisotopic (exact) mass is 437 g/mol. The minimum atomic E-state index is -2.11. The molecule has 172 valence electrons. The predicted octanol–water partition coefficient (Wildman–Crippen LogP) is 0.0456. The lowest BCUT2D eigenvalue weighted by atomic mass is 9.77. The van der Waals surface area contributed by atoms with Gasteiger partial charge in [0.1, 0.15) is 17.7 Å². The molecule has 1 aromatic rings. The Bertz CT molecular complexity index is 799. The van der Waals surface area contributed by atoms with E-state index in [-0.39, 0.29) is 12.3 Å². The van der Waals surface area contributed by atoms with Crippen molar-refractivity contribution >= 4 is 23.6 Å². The van der Waals surface area contributed by atoms with Gasteiger partial charge in [0.05, 0.1) is 19.3 Å². The lowest BCUT2D eigenvalue weighted by molar-refractivity contribution is -0.161. The summed E-state index contributed by atoms with van der Waals surface area (Å²) in [5.41, 5.74) is -0.582. The molecule has 0 aliphatic heterocycles. The topological polar surface area (TPSA) is 157 Å². The number of carbonyl (C=O) groups excluding carboxylic acids is 3. The van der Waals surface area contributed by atoms with E-state index in [0.29, 0.717) is 5.69 Å². The van der Waals surface area contributed by atoms with Gasteiger partial charge in [0.15, 0.2) is 0 Å². The van der Waals surface area contributed by atoms with Gasteiger partial charge in [-0.25, -0.2) is 9.59 Å². The molecule has 3 amide bonds. The molecule has 0 heterocycles. The average molecular weight is 437 g/mol.